The molecule has 0 aromatic rings. The molecule has 0 aliphatic carbocycles. The summed E-state index contributed by atoms with van der Waals surface area (Å²) in [6.45, 7) is 0. The number of quaternary nitrogens is 1. The van der Waals surface area contributed by atoms with Crippen LogP contribution in [0, 0.1) is 0 Å². The Hall–Kier alpha value is -0.395. The van der Waals surface area contributed by atoms with Gasteiger partial charge in [-0.15, -0.1) is 0 Å². The first-order chi connectivity index (χ1) is 2.77. The molecule has 0 rings (SSSR count). The van der Waals surface area contributed by atoms with Crippen molar-refractivity contribution in [2.24, 2.45) is 0 Å². The maximum atomic E-state index is 8.02. The van der Waals surface area contributed by atoms with Crippen molar-refractivity contribution in [1.29, 1.82) is 0 Å². The van der Waals surface area contributed by atoms with Crippen molar-refractivity contribution in [3.05, 3.63) is 0 Å². The summed E-state index contributed by atoms with van der Waals surface area (Å²) in [6.07, 6.45) is 2.16. The molecule has 0 aromatic heterocycles. The fraction of sp³-hybridized carbons (Fsp3) is 0.667. The number of hydrogen-bond acceptors (Lipinski definition) is 0. The van der Waals surface area contributed by atoms with Crippen LogP contribution in [0.4, 0.5) is 0 Å². The minimum absolute atomic E-state index is 0.319. The van der Waals surface area contributed by atoms with Crippen molar-refractivity contribution in [2.45, 2.75) is 0 Å². The van der Waals surface area contributed by atoms with Crippen LogP contribution in [0.2, 0.25) is 0 Å². The highest BCUT2D eigenvalue weighted by Gasteiger charge is 1.92. The standard InChI is InChI=1S/C3H9BN2/c1-6(2)4-3-5/h6H,4H2,1-2H3/q+1. The monoisotopic (exact) mass is 84.1 g/mol. The fourth-order valence-electron chi connectivity index (χ4n) is 0.224. The average molecular weight is 83.9 g/mol. The van der Waals surface area contributed by atoms with E-state index in [1.807, 2.05) is 14.1 Å². The Kier molecular flexibility index (Phi) is 2.64. The fourth-order valence-corrected chi connectivity index (χ4v) is 0.224. The Morgan fingerprint density at radius 2 is 2.17 bits per heavy atom. The van der Waals surface area contributed by atoms with Crippen LogP contribution < -0.4 is 10.2 Å². The van der Waals surface area contributed by atoms with Gasteiger partial charge in [-0.05, 0) is 0 Å². The van der Waals surface area contributed by atoms with E-state index in [0.717, 1.165) is 0 Å². The Morgan fingerprint density at radius 3 is 2.17 bits per heavy atom. The van der Waals surface area contributed by atoms with E-state index in [1.165, 1.54) is 4.81 Å². The van der Waals surface area contributed by atoms with Crippen LogP contribution in [0.25, 0.3) is 0 Å². The Balaban J connectivity index is 2.81. The van der Waals surface area contributed by atoms with E-state index in [9.17, 15) is 0 Å². The van der Waals surface area contributed by atoms with Gasteiger partial charge in [0.25, 0.3) is 0 Å². The normalized spacial score (nSPS) is 8.50. The highest BCUT2D eigenvalue weighted by atomic mass is 15.0. The van der Waals surface area contributed by atoms with E-state index >= 15 is 0 Å². The van der Waals surface area contributed by atoms with Gasteiger partial charge in [-0.25, -0.2) is 0 Å². The second kappa shape index (κ2) is 2.82. The molecule has 0 aliphatic rings. The van der Waals surface area contributed by atoms with E-state index in [2.05, 4.69) is 6.11 Å². The first-order valence-corrected chi connectivity index (χ1v) is 2.22. The van der Waals surface area contributed by atoms with Crippen LogP contribution >= 0.6 is 0 Å². The van der Waals surface area contributed by atoms with Gasteiger partial charge in [0.2, 0.25) is 0 Å². The zero-order chi connectivity index (χ0) is 4.99. The van der Waals surface area contributed by atoms with E-state index in [4.69, 9.17) is 5.41 Å². The molecule has 0 spiro atoms. The van der Waals surface area contributed by atoms with Gasteiger partial charge < -0.3 is 4.81 Å². The molecule has 0 fully saturated rings. The summed E-state index contributed by atoms with van der Waals surface area (Å²) in [5, 5.41) is 8.02. The van der Waals surface area contributed by atoms with Gasteiger partial charge in [-0.3, -0.25) is 0 Å². The summed E-state index contributed by atoms with van der Waals surface area (Å²) in [4.78, 5) is 1.30. The maximum absolute atomic E-state index is 8.02. The largest absolute Gasteiger partial charge is 0.484 e. The zero-order valence-electron chi connectivity index (χ0n) is 4.45. The molecule has 3 heteroatoms. The maximum Gasteiger partial charge on any atom is 0.483 e. The quantitative estimate of drug-likeness (QED) is 0.209. The Morgan fingerprint density at radius 1 is 1.67 bits per heavy atom. The highest BCUT2D eigenvalue weighted by molar-refractivity contribution is 6.60. The zero-order valence-corrected chi connectivity index (χ0v) is 4.45. The Labute approximate surface area is 38.9 Å². The summed E-state index contributed by atoms with van der Waals surface area (Å²) in [5.74, 6) is 0. The van der Waals surface area contributed by atoms with E-state index in [1.54, 1.807) is 0 Å². The number of hydrogen-bond donors (Lipinski definition) is 1. The number of nitrogens with zero attached hydrogens (tertiary/aromatic N) is 1. The summed E-state index contributed by atoms with van der Waals surface area (Å²) in [5.41, 5.74) is 0. The molecule has 2 nitrogen and oxygen atoms in total. The van der Waals surface area contributed by atoms with Crippen LogP contribution in [-0.2, 0) is 0 Å². The summed E-state index contributed by atoms with van der Waals surface area (Å²) < 4.78 is 0. The molecule has 0 bridgehead atoms. The summed E-state index contributed by atoms with van der Waals surface area (Å²) >= 11 is 0. The molecule has 0 saturated carbocycles. The van der Waals surface area contributed by atoms with Gasteiger partial charge in [0.1, 0.15) is 5.41 Å². The highest BCUT2D eigenvalue weighted by Crippen LogP contribution is 1.14. The second-order valence-electron chi connectivity index (χ2n) is 1.97. The lowest BCUT2D eigenvalue weighted by Crippen LogP contribution is -3.08. The van der Waals surface area contributed by atoms with Crippen LogP contribution in [-0.4, -0.2) is 27.6 Å². The van der Waals surface area contributed by atoms with Crippen molar-refractivity contribution in [1.82, 2.24) is 5.41 Å². The van der Waals surface area contributed by atoms with Crippen LogP contribution in [0.15, 0.2) is 0 Å². The minimum atomic E-state index is -0.319. The Bertz CT molecular complexity index is 44.1. The molecule has 33 valence electrons. The third kappa shape index (κ3) is 3.60. The molecule has 0 aromatic carbocycles. The molecule has 1 N–H and O–H groups in total. The lowest BCUT2D eigenvalue weighted by atomic mass is 9.97. The summed E-state index contributed by atoms with van der Waals surface area (Å²) in [6, 6.07) is 0. The second-order valence-corrected chi connectivity index (χ2v) is 1.97. The lowest BCUT2D eigenvalue weighted by Gasteiger charge is -1.99. The SMILES string of the molecule is C[NH+](C)[BH2-][C+]=[N]. The van der Waals surface area contributed by atoms with Gasteiger partial charge >= 0.3 is 7.41 Å². The molecule has 0 saturated heterocycles. The van der Waals surface area contributed by atoms with E-state index in [0.29, 0.717) is 0 Å². The van der Waals surface area contributed by atoms with Crippen LogP contribution in [0.5, 0.6) is 0 Å². The van der Waals surface area contributed by atoms with Crippen LogP contribution in [0.1, 0.15) is 0 Å². The number of nitrogens with one attached hydrogen (secondary N) is 1. The first kappa shape index (κ1) is 5.60. The molecular weight excluding hydrogens is 74.9 g/mol. The predicted molar refractivity (Wildman–Crippen MR) is 28.5 cm³/mol. The summed E-state index contributed by atoms with van der Waals surface area (Å²) in [7, 11) is 3.69. The number of rotatable bonds is 2. The predicted octanol–water partition coefficient (Wildman–Crippen LogP) is -3.08. The smallest absolute Gasteiger partial charge is 0.483 e. The molecular formula is C3H9BN2+. The van der Waals surface area contributed by atoms with Gasteiger partial charge in [0.05, 0.1) is 0 Å². The average Bonchev–Trinajstić information content (AvgIpc) is 1.35. The van der Waals surface area contributed by atoms with Gasteiger partial charge in [0, 0.05) is 14.1 Å². The van der Waals surface area contributed by atoms with Crippen molar-refractivity contribution >= 4 is 13.5 Å². The van der Waals surface area contributed by atoms with Crippen molar-refractivity contribution < 1.29 is 4.81 Å². The lowest BCUT2D eigenvalue weighted by molar-refractivity contribution is -0.732. The molecule has 6 heavy (non-hydrogen) atoms. The van der Waals surface area contributed by atoms with Crippen molar-refractivity contribution in [3.63, 3.8) is 0 Å². The van der Waals surface area contributed by atoms with Crippen molar-refractivity contribution in [2.75, 3.05) is 14.1 Å². The van der Waals surface area contributed by atoms with Crippen LogP contribution in [0.3, 0.4) is 0 Å². The van der Waals surface area contributed by atoms with Crippen molar-refractivity contribution in [3.8, 4) is 0 Å². The first-order valence-electron chi connectivity index (χ1n) is 2.22. The van der Waals surface area contributed by atoms with Gasteiger partial charge in [0.15, 0.2) is 6.11 Å². The van der Waals surface area contributed by atoms with Gasteiger partial charge in [-0.2, -0.15) is 0 Å². The topological polar surface area (TPSA) is 26.7 Å². The van der Waals surface area contributed by atoms with E-state index < -0.39 is 0 Å². The molecule has 1 radical (unpaired) electrons. The van der Waals surface area contributed by atoms with Gasteiger partial charge in [-0.1, -0.05) is 0 Å². The van der Waals surface area contributed by atoms with E-state index in [-0.39, 0.29) is 7.41 Å². The molecule has 0 unspecified atom stereocenters. The minimum Gasteiger partial charge on any atom is -0.484 e. The molecule has 0 heterocycles. The molecule has 0 atom stereocenters. The third-order valence-corrected chi connectivity index (χ3v) is 0.612. The molecule has 0 aliphatic heterocycles. The third-order valence-electron chi connectivity index (χ3n) is 0.612. The molecule has 0 amide bonds.